The first-order valence-corrected chi connectivity index (χ1v) is 11.6. The molecule has 0 heterocycles. The molecular formula is C21H27ClN2O4S. The highest BCUT2D eigenvalue weighted by Gasteiger charge is 2.32. The predicted molar refractivity (Wildman–Crippen MR) is 119 cm³/mol. The van der Waals surface area contributed by atoms with Crippen LogP contribution >= 0.6 is 11.6 Å². The molecule has 0 spiro atoms. The minimum absolute atomic E-state index is 0.265. The number of halogens is 1. The van der Waals surface area contributed by atoms with Crippen LogP contribution in [0.2, 0.25) is 5.02 Å². The fraction of sp³-hybridized carbons (Fsp3) is 0.381. The van der Waals surface area contributed by atoms with Crippen molar-refractivity contribution in [3.63, 3.8) is 0 Å². The molecule has 0 bridgehead atoms. The third-order valence-corrected chi connectivity index (χ3v) is 6.18. The molecule has 2 aromatic rings. The van der Waals surface area contributed by atoms with E-state index in [1.165, 1.54) is 13.2 Å². The first-order chi connectivity index (χ1) is 13.6. The van der Waals surface area contributed by atoms with E-state index in [0.29, 0.717) is 11.4 Å². The molecule has 158 valence electrons. The molecule has 2 aromatic carbocycles. The molecule has 0 aliphatic carbocycles. The van der Waals surface area contributed by atoms with Crippen LogP contribution < -0.4 is 14.4 Å². The summed E-state index contributed by atoms with van der Waals surface area (Å²) >= 11 is 6.19. The summed E-state index contributed by atoms with van der Waals surface area (Å²) in [6.07, 6.45) is 2.11. The maximum absolute atomic E-state index is 13.2. The number of aryl methyl sites for hydroxylation is 2. The zero-order valence-electron chi connectivity index (χ0n) is 17.3. The monoisotopic (exact) mass is 438 g/mol. The number of para-hydroxylation sites is 1. The Morgan fingerprint density at radius 2 is 1.93 bits per heavy atom. The molecule has 0 aromatic heterocycles. The summed E-state index contributed by atoms with van der Waals surface area (Å²) in [6, 6.07) is 9.50. The SMILES string of the molecule is CCc1cccc(C)c1NC(=O)C(CC)N(c1ccc(OC)c(Cl)c1)S(C)(=O)=O. The zero-order chi connectivity index (χ0) is 21.8. The Morgan fingerprint density at radius 3 is 2.45 bits per heavy atom. The smallest absolute Gasteiger partial charge is 0.248 e. The first-order valence-electron chi connectivity index (χ1n) is 9.36. The molecule has 2 rings (SSSR count). The van der Waals surface area contributed by atoms with Gasteiger partial charge in [0.1, 0.15) is 11.8 Å². The number of anilines is 2. The molecule has 0 fully saturated rings. The van der Waals surface area contributed by atoms with Crippen LogP contribution in [0, 0.1) is 6.92 Å². The van der Waals surface area contributed by atoms with Crippen LogP contribution in [0.25, 0.3) is 0 Å². The summed E-state index contributed by atoms with van der Waals surface area (Å²) < 4.78 is 31.5. The Hall–Kier alpha value is -2.25. The van der Waals surface area contributed by atoms with E-state index >= 15 is 0 Å². The van der Waals surface area contributed by atoms with Crippen LogP contribution in [0.15, 0.2) is 36.4 Å². The van der Waals surface area contributed by atoms with Crippen LogP contribution in [0.3, 0.4) is 0 Å². The van der Waals surface area contributed by atoms with Gasteiger partial charge in [0.15, 0.2) is 0 Å². The second kappa shape index (κ2) is 9.50. The average molecular weight is 439 g/mol. The molecular weight excluding hydrogens is 412 g/mol. The van der Waals surface area contributed by atoms with Gasteiger partial charge in [-0.1, -0.05) is 43.6 Å². The normalized spacial score (nSPS) is 12.3. The van der Waals surface area contributed by atoms with Crippen LogP contribution in [0.5, 0.6) is 5.75 Å². The number of sulfonamides is 1. The van der Waals surface area contributed by atoms with E-state index in [0.717, 1.165) is 33.8 Å². The molecule has 1 N–H and O–H groups in total. The summed E-state index contributed by atoms with van der Waals surface area (Å²) in [4.78, 5) is 13.2. The van der Waals surface area contributed by atoms with Gasteiger partial charge in [-0.3, -0.25) is 9.10 Å². The average Bonchev–Trinajstić information content (AvgIpc) is 2.66. The van der Waals surface area contributed by atoms with Gasteiger partial charge in [-0.15, -0.1) is 0 Å². The number of carbonyl (C=O) groups is 1. The third kappa shape index (κ3) is 5.22. The number of nitrogens with one attached hydrogen (secondary N) is 1. The van der Waals surface area contributed by atoms with Gasteiger partial charge >= 0.3 is 0 Å². The Bertz CT molecular complexity index is 992. The largest absolute Gasteiger partial charge is 0.495 e. The van der Waals surface area contributed by atoms with Crippen molar-refractivity contribution in [2.45, 2.75) is 39.7 Å². The molecule has 6 nitrogen and oxygen atoms in total. The lowest BCUT2D eigenvalue weighted by atomic mass is 10.0. The lowest BCUT2D eigenvalue weighted by molar-refractivity contribution is -0.117. The lowest BCUT2D eigenvalue weighted by Crippen LogP contribution is -2.47. The molecule has 0 aliphatic heterocycles. The highest BCUT2D eigenvalue weighted by Crippen LogP contribution is 2.32. The summed E-state index contributed by atoms with van der Waals surface area (Å²) in [5, 5.41) is 3.20. The van der Waals surface area contributed by atoms with Gasteiger partial charge in [-0.2, -0.15) is 0 Å². The zero-order valence-corrected chi connectivity index (χ0v) is 18.9. The van der Waals surface area contributed by atoms with Crippen LogP contribution in [-0.4, -0.2) is 33.7 Å². The number of benzene rings is 2. The molecule has 1 unspecified atom stereocenters. The van der Waals surface area contributed by atoms with Crippen LogP contribution in [-0.2, 0) is 21.2 Å². The Balaban J connectivity index is 2.47. The summed E-state index contributed by atoms with van der Waals surface area (Å²) in [7, 11) is -2.28. The standard InChI is InChI=1S/C21H27ClN2O4S/c1-6-15-10-8-9-14(3)20(15)23-21(25)18(7-2)24(29(5,26)27)16-11-12-19(28-4)17(22)13-16/h8-13,18H,6-7H2,1-5H3,(H,23,25). The van der Waals surface area contributed by atoms with Crippen molar-refractivity contribution >= 4 is 38.9 Å². The maximum atomic E-state index is 13.2. The highest BCUT2D eigenvalue weighted by atomic mass is 35.5. The van der Waals surface area contributed by atoms with Gasteiger partial charge in [0, 0.05) is 5.69 Å². The lowest BCUT2D eigenvalue weighted by Gasteiger charge is -2.30. The summed E-state index contributed by atoms with van der Waals surface area (Å²) in [5.74, 6) is 0.0303. The van der Waals surface area contributed by atoms with Crippen molar-refractivity contribution in [1.29, 1.82) is 0 Å². The third-order valence-electron chi connectivity index (χ3n) is 4.71. The van der Waals surface area contributed by atoms with Gasteiger partial charge in [0.2, 0.25) is 15.9 Å². The van der Waals surface area contributed by atoms with Crippen molar-refractivity contribution in [1.82, 2.24) is 0 Å². The van der Waals surface area contributed by atoms with Crippen molar-refractivity contribution in [2.75, 3.05) is 23.0 Å². The topological polar surface area (TPSA) is 75.7 Å². The molecule has 29 heavy (non-hydrogen) atoms. The van der Waals surface area contributed by atoms with E-state index in [2.05, 4.69) is 5.32 Å². The summed E-state index contributed by atoms with van der Waals surface area (Å²) in [5.41, 5.74) is 2.94. The van der Waals surface area contributed by atoms with Gasteiger partial charge in [0.05, 0.1) is 24.1 Å². The second-order valence-corrected chi connectivity index (χ2v) is 9.02. The molecule has 8 heteroatoms. The van der Waals surface area contributed by atoms with E-state index in [1.807, 2.05) is 32.0 Å². The van der Waals surface area contributed by atoms with Crippen molar-refractivity contribution < 1.29 is 17.9 Å². The summed E-state index contributed by atoms with van der Waals surface area (Å²) in [6.45, 7) is 5.68. The Labute approximate surface area is 177 Å². The van der Waals surface area contributed by atoms with Gasteiger partial charge < -0.3 is 10.1 Å². The van der Waals surface area contributed by atoms with E-state index in [4.69, 9.17) is 16.3 Å². The number of rotatable bonds is 8. The number of nitrogens with zero attached hydrogens (tertiary/aromatic N) is 1. The highest BCUT2D eigenvalue weighted by molar-refractivity contribution is 7.92. The van der Waals surface area contributed by atoms with E-state index in [1.54, 1.807) is 19.1 Å². The van der Waals surface area contributed by atoms with Gasteiger partial charge in [0.25, 0.3) is 0 Å². The number of carbonyl (C=O) groups excluding carboxylic acids is 1. The molecule has 1 amide bonds. The number of hydrogen-bond donors (Lipinski definition) is 1. The molecule has 1 atom stereocenters. The van der Waals surface area contributed by atoms with Crippen molar-refractivity contribution in [3.05, 3.63) is 52.5 Å². The fourth-order valence-corrected chi connectivity index (χ4v) is 4.72. The minimum atomic E-state index is -3.76. The first kappa shape index (κ1) is 23.0. The van der Waals surface area contributed by atoms with Gasteiger partial charge in [-0.25, -0.2) is 8.42 Å². The van der Waals surface area contributed by atoms with Gasteiger partial charge in [-0.05, 0) is 49.1 Å². The van der Waals surface area contributed by atoms with E-state index in [-0.39, 0.29) is 11.4 Å². The molecule has 0 aliphatic rings. The Morgan fingerprint density at radius 1 is 1.24 bits per heavy atom. The van der Waals surface area contributed by atoms with Crippen LogP contribution in [0.1, 0.15) is 31.4 Å². The molecule has 0 radical (unpaired) electrons. The number of amides is 1. The second-order valence-electron chi connectivity index (χ2n) is 6.75. The maximum Gasteiger partial charge on any atom is 0.248 e. The number of ether oxygens (including phenoxy) is 1. The fourth-order valence-electron chi connectivity index (χ4n) is 3.26. The molecule has 0 saturated carbocycles. The Kier molecular flexibility index (Phi) is 7.54. The minimum Gasteiger partial charge on any atom is -0.495 e. The van der Waals surface area contributed by atoms with E-state index in [9.17, 15) is 13.2 Å². The number of hydrogen-bond acceptors (Lipinski definition) is 4. The van der Waals surface area contributed by atoms with Crippen LogP contribution in [0.4, 0.5) is 11.4 Å². The number of methoxy groups -OCH3 is 1. The molecule has 0 saturated heterocycles. The van der Waals surface area contributed by atoms with Crippen molar-refractivity contribution in [2.24, 2.45) is 0 Å². The quantitative estimate of drug-likeness (QED) is 0.662. The van der Waals surface area contributed by atoms with Crippen molar-refractivity contribution in [3.8, 4) is 5.75 Å². The predicted octanol–water partition coefficient (Wildman–Crippen LogP) is 4.40. The van der Waals surface area contributed by atoms with E-state index < -0.39 is 22.0 Å².